The minimum absolute atomic E-state index is 0.0818. The van der Waals surface area contributed by atoms with E-state index in [0.29, 0.717) is 10.1 Å². The topological polar surface area (TPSA) is 63.1 Å². The molecule has 0 fully saturated rings. The zero-order valence-electron chi connectivity index (χ0n) is 9.42. The van der Waals surface area contributed by atoms with Crippen molar-refractivity contribution >= 4 is 17.7 Å². The van der Waals surface area contributed by atoms with E-state index >= 15 is 0 Å². The summed E-state index contributed by atoms with van der Waals surface area (Å²) in [5.41, 5.74) is 0.836. The summed E-state index contributed by atoms with van der Waals surface area (Å²) in [7, 11) is 0. The first-order chi connectivity index (χ1) is 8.56. The number of rotatable bonds is 3. The van der Waals surface area contributed by atoms with Crippen LogP contribution < -0.4 is 0 Å². The maximum absolute atomic E-state index is 13.6. The van der Waals surface area contributed by atoms with Gasteiger partial charge in [-0.15, -0.1) is 0 Å². The summed E-state index contributed by atoms with van der Waals surface area (Å²) >= 11 is 1.05. The van der Waals surface area contributed by atoms with Crippen LogP contribution in [0.15, 0.2) is 40.6 Å². The molecule has 92 valence electrons. The molecule has 1 heterocycles. The number of aromatic carboxylic acids is 1. The van der Waals surface area contributed by atoms with E-state index in [0.717, 1.165) is 23.4 Å². The standard InChI is InChI=1S/C12H9FN2O2S/c1-7-5-14-12(15-6-7)18-10-3-2-8(11(16)17)4-9(10)13/h2-6H,1H3,(H,16,17). The molecule has 18 heavy (non-hydrogen) atoms. The molecule has 0 bridgehead atoms. The number of nitrogens with zero attached hydrogens (tertiary/aromatic N) is 2. The second-order valence-electron chi connectivity index (χ2n) is 3.60. The predicted octanol–water partition coefficient (Wildman–Crippen LogP) is 2.77. The van der Waals surface area contributed by atoms with Crippen LogP contribution >= 0.6 is 11.8 Å². The fourth-order valence-electron chi connectivity index (χ4n) is 1.25. The molecule has 0 aliphatic carbocycles. The zero-order valence-corrected chi connectivity index (χ0v) is 10.2. The highest BCUT2D eigenvalue weighted by Crippen LogP contribution is 2.27. The number of hydrogen-bond acceptors (Lipinski definition) is 4. The lowest BCUT2D eigenvalue weighted by atomic mass is 10.2. The third kappa shape index (κ3) is 2.84. The van der Waals surface area contributed by atoms with E-state index in [2.05, 4.69) is 9.97 Å². The summed E-state index contributed by atoms with van der Waals surface area (Å²) in [6.45, 7) is 1.86. The van der Waals surface area contributed by atoms with Gasteiger partial charge in [-0.2, -0.15) is 0 Å². The molecule has 0 saturated carbocycles. The summed E-state index contributed by atoms with van der Waals surface area (Å²) in [5, 5.41) is 9.14. The van der Waals surface area contributed by atoms with E-state index < -0.39 is 11.8 Å². The third-order valence-electron chi connectivity index (χ3n) is 2.14. The monoisotopic (exact) mass is 264 g/mol. The van der Waals surface area contributed by atoms with Gasteiger partial charge in [0.05, 0.1) is 10.5 Å². The molecule has 0 aliphatic heterocycles. The number of carboxylic acid groups (broad SMARTS) is 1. The molecule has 0 unspecified atom stereocenters. The van der Waals surface area contributed by atoms with Crippen molar-refractivity contribution in [2.45, 2.75) is 17.0 Å². The Hall–Kier alpha value is -1.95. The van der Waals surface area contributed by atoms with Gasteiger partial charge in [0.25, 0.3) is 0 Å². The smallest absolute Gasteiger partial charge is 0.335 e. The van der Waals surface area contributed by atoms with Gasteiger partial charge >= 0.3 is 5.97 Å². The van der Waals surface area contributed by atoms with Gasteiger partial charge in [0, 0.05) is 12.4 Å². The molecule has 2 rings (SSSR count). The lowest BCUT2D eigenvalue weighted by Gasteiger charge is -2.03. The number of aryl methyl sites for hydroxylation is 1. The molecule has 0 atom stereocenters. The molecule has 1 aromatic carbocycles. The minimum Gasteiger partial charge on any atom is -0.478 e. The van der Waals surface area contributed by atoms with Gasteiger partial charge < -0.3 is 5.11 Å². The Morgan fingerprint density at radius 2 is 2.00 bits per heavy atom. The van der Waals surface area contributed by atoms with Crippen LogP contribution in [-0.2, 0) is 0 Å². The largest absolute Gasteiger partial charge is 0.478 e. The van der Waals surface area contributed by atoms with Gasteiger partial charge in [-0.3, -0.25) is 0 Å². The van der Waals surface area contributed by atoms with Crippen molar-refractivity contribution in [3.63, 3.8) is 0 Å². The van der Waals surface area contributed by atoms with Crippen molar-refractivity contribution in [3.05, 3.63) is 47.5 Å². The molecule has 0 spiro atoms. The second kappa shape index (κ2) is 5.14. The Morgan fingerprint density at radius 1 is 1.33 bits per heavy atom. The number of carboxylic acids is 1. The van der Waals surface area contributed by atoms with Crippen molar-refractivity contribution in [1.82, 2.24) is 9.97 Å². The van der Waals surface area contributed by atoms with Crippen molar-refractivity contribution in [2.75, 3.05) is 0 Å². The van der Waals surface area contributed by atoms with E-state index in [-0.39, 0.29) is 5.56 Å². The van der Waals surface area contributed by atoms with Gasteiger partial charge in [-0.25, -0.2) is 19.2 Å². The molecule has 0 radical (unpaired) electrons. The van der Waals surface area contributed by atoms with E-state index in [9.17, 15) is 9.18 Å². The van der Waals surface area contributed by atoms with Gasteiger partial charge in [-0.05, 0) is 42.4 Å². The molecule has 0 saturated heterocycles. The number of carbonyl (C=O) groups is 1. The summed E-state index contributed by atoms with van der Waals surface area (Å²) in [6, 6.07) is 3.74. The summed E-state index contributed by atoms with van der Waals surface area (Å²) in [4.78, 5) is 19.0. The van der Waals surface area contributed by atoms with Crippen molar-refractivity contribution in [2.24, 2.45) is 0 Å². The molecular weight excluding hydrogens is 255 g/mol. The molecular formula is C12H9FN2O2S. The third-order valence-corrected chi connectivity index (χ3v) is 3.08. The maximum atomic E-state index is 13.6. The maximum Gasteiger partial charge on any atom is 0.335 e. The average Bonchev–Trinajstić information content (AvgIpc) is 2.34. The molecule has 4 nitrogen and oxygen atoms in total. The molecule has 0 aliphatic rings. The summed E-state index contributed by atoms with van der Waals surface area (Å²) in [6.07, 6.45) is 3.28. The lowest BCUT2D eigenvalue weighted by molar-refractivity contribution is 0.0696. The van der Waals surface area contributed by atoms with Gasteiger partial charge in [0.1, 0.15) is 5.82 Å². The van der Waals surface area contributed by atoms with Crippen LogP contribution in [0.1, 0.15) is 15.9 Å². The predicted molar refractivity (Wildman–Crippen MR) is 64.3 cm³/mol. The zero-order chi connectivity index (χ0) is 13.1. The lowest BCUT2D eigenvalue weighted by Crippen LogP contribution is -1.97. The van der Waals surface area contributed by atoms with Crippen LogP contribution in [0.5, 0.6) is 0 Å². The van der Waals surface area contributed by atoms with Crippen molar-refractivity contribution in [1.29, 1.82) is 0 Å². The highest BCUT2D eigenvalue weighted by molar-refractivity contribution is 7.99. The van der Waals surface area contributed by atoms with Crippen LogP contribution in [0.25, 0.3) is 0 Å². The number of benzene rings is 1. The molecule has 1 aromatic heterocycles. The van der Waals surface area contributed by atoms with E-state index in [1.807, 2.05) is 6.92 Å². The Morgan fingerprint density at radius 3 is 2.56 bits per heavy atom. The normalized spacial score (nSPS) is 10.3. The Balaban J connectivity index is 2.24. The van der Waals surface area contributed by atoms with Crippen LogP contribution in [-0.4, -0.2) is 21.0 Å². The van der Waals surface area contributed by atoms with Crippen molar-refractivity contribution < 1.29 is 14.3 Å². The van der Waals surface area contributed by atoms with E-state index in [1.54, 1.807) is 12.4 Å². The molecule has 6 heteroatoms. The first-order valence-electron chi connectivity index (χ1n) is 5.05. The van der Waals surface area contributed by atoms with Crippen LogP contribution in [0, 0.1) is 12.7 Å². The highest BCUT2D eigenvalue weighted by atomic mass is 32.2. The van der Waals surface area contributed by atoms with Crippen LogP contribution in [0.4, 0.5) is 4.39 Å². The Bertz CT molecular complexity index is 587. The van der Waals surface area contributed by atoms with E-state index in [4.69, 9.17) is 5.11 Å². The SMILES string of the molecule is Cc1cnc(Sc2ccc(C(=O)O)cc2F)nc1. The Kier molecular flexibility index (Phi) is 3.57. The molecule has 1 N–H and O–H groups in total. The fraction of sp³-hybridized carbons (Fsp3) is 0.0833. The van der Waals surface area contributed by atoms with Crippen LogP contribution in [0.3, 0.4) is 0 Å². The Labute approximate surface area is 107 Å². The minimum atomic E-state index is -1.16. The van der Waals surface area contributed by atoms with Gasteiger partial charge in [0.15, 0.2) is 5.16 Å². The number of aromatic nitrogens is 2. The number of halogens is 1. The van der Waals surface area contributed by atoms with Gasteiger partial charge in [0.2, 0.25) is 0 Å². The summed E-state index contributed by atoms with van der Waals surface area (Å²) < 4.78 is 13.6. The summed E-state index contributed by atoms with van der Waals surface area (Å²) in [5.74, 6) is -1.75. The quantitative estimate of drug-likeness (QED) is 0.864. The average molecular weight is 264 g/mol. The van der Waals surface area contributed by atoms with Crippen LogP contribution in [0.2, 0.25) is 0 Å². The second-order valence-corrected chi connectivity index (χ2v) is 4.60. The molecule has 2 aromatic rings. The highest BCUT2D eigenvalue weighted by Gasteiger charge is 2.10. The van der Waals surface area contributed by atoms with E-state index in [1.165, 1.54) is 12.1 Å². The first kappa shape index (κ1) is 12.5. The first-order valence-corrected chi connectivity index (χ1v) is 5.87. The van der Waals surface area contributed by atoms with Crippen molar-refractivity contribution in [3.8, 4) is 0 Å². The van der Waals surface area contributed by atoms with Gasteiger partial charge in [-0.1, -0.05) is 0 Å². The fourth-order valence-corrected chi connectivity index (χ4v) is 1.95. The number of hydrogen-bond donors (Lipinski definition) is 1. The molecule has 0 amide bonds.